The van der Waals surface area contributed by atoms with E-state index < -0.39 is 27.0 Å². The summed E-state index contributed by atoms with van der Waals surface area (Å²) in [4.78, 5) is 22.3. The molecule has 1 heterocycles. The zero-order valence-corrected chi connectivity index (χ0v) is 13.0. The molecule has 1 atom stereocenters. The van der Waals surface area contributed by atoms with E-state index in [0.29, 0.717) is 25.6 Å². The fourth-order valence-electron chi connectivity index (χ4n) is 1.59. The summed E-state index contributed by atoms with van der Waals surface area (Å²) < 4.78 is 25.0. The van der Waals surface area contributed by atoms with Crippen LogP contribution in [0.25, 0.3) is 0 Å². The molecule has 0 bridgehead atoms. The Balaban J connectivity index is 2.08. The van der Waals surface area contributed by atoms with Crippen molar-refractivity contribution in [2.24, 2.45) is 0 Å². The van der Waals surface area contributed by atoms with E-state index in [0.717, 1.165) is 6.42 Å². The number of rotatable bonds is 9. The molecular formula is C11H21NO7Si. The first-order valence-electron chi connectivity index (χ1n) is 6.33. The van der Waals surface area contributed by atoms with Crippen LogP contribution in [0.4, 0.5) is 4.79 Å². The molecule has 9 heteroatoms. The fourth-order valence-corrected chi connectivity index (χ4v) is 3.39. The maximum Gasteiger partial charge on any atom is 0.500 e. The van der Waals surface area contributed by atoms with Gasteiger partial charge in [-0.1, -0.05) is 0 Å². The molecule has 1 aliphatic heterocycles. The van der Waals surface area contributed by atoms with Crippen molar-refractivity contribution >= 4 is 20.9 Å². The summed E-state index contributed by atoms with van der Waals surface area (Å²) in [6.45, 7) is 0.725. The van der Waals surface area contributed by atoms with E-state index in [9.17, 15) is 9.59 Å². The Kier molecular flexibility index (Phi) is 7.09. The standard InChI is InChI=1S/C11H21NO7Si/c1-15-20(16-2,17-3)7-5-4-6-12-11(14)19-10(13)9-8-18-9/h9H,4-8H2,1-3H3,(H,12,14). The fraction of sp³-hybridized carbons (Fsp3) is 0.818. The highest BCUT2D eigenvalue weighted by Crippen LogP contribution is 2.16. The van der Waals surface area contributed by atoms with Gasteiger partial charge in [-0.15, -0.1) is 0 Å². The van der Waals surface area contributed by atoms with Crippen LogP contribution < -0.4 is 5.32 Å². The molecule has 1 N–H and O–H groups in total. The van der Waals surface area contributed by atoms with Gasteiger partial charge in [-0.25, -0.2) is 9.59 Å². The largest absolute Gasteiger partial charge is 0.500 e. The molecular weight excluding hydrogens is 286 g/mol. The topological polar surface area (TPSA) is 95.6 Å². The predicted octanol–water partition coefficient (Wildman–Crippen LogP) is 0.296. The van der Waals surface area contributed by atoms with Crippen LogP contribution in [0.2, 0.25) is 6.04 Å². The normalized spacial score (nSPS) is 17.6. The van der Waals surface area contributed by atoms with Gasteiger partial charge in [0.1, 0.15) is 0 Å². The number of alkyl carbamates (subject to hydrolysis) is 1. The number of epoxide rings is 1. The monoisotopic (exact) mass is 307 g/mol. The molecule has 0 spiro atoms. The zero-order chi connectivity index (χ0) is 15.0. The molecule has 1 amide bonds. The van der Waals surface area contributed by atoms with E-state index in [-0.39, 0.29) is 0 Å². The van der Waals surface area contributed by atoms with Crippen molar-refractivity contribution in [3.63, 3.8) is 0 Å². The van der Waals surface area contributed by atoms with Crippen molar-refractivity contribution in [3.8, 4) is 0 Å². The SMILES string of the molecule is CO[Si](CCCCNC(=O)OC(=O)C1CO1)(OC)OC. The smallest absolute Gasteiger partial charge is 0.377 e. The van der Waals surface area contributed by atoms with Crippen molar-refractivity contribution in [1.29, 1.82) is 0 Å². The maximum atomic E-state index is 11.2. The Morgan fingerprint density at radius 3 is 2.30 bits per heavy atom. The van der Waals surface area contributed by atoms with E-state index in [1.165, 1.54) is 0 Å². The number of hydrogen-bond donors (Lipinski definition) is 1. The maximum absolute atomic E-state index is 11.2. The molecule has 116 valence electrons. The number of amides is 1. The Labute approximate surface area is 119 Å². The van der Waals surface area contributed by atoms with Crippen molar-refractivity contribution in [2.75, 3.05) is 34.5 Å². The first kappa shape index (κ1) is 17.0. The first-order chi connectivity index (χ1) is 9.56. The number of carbonyl (C=O) groups is 2. The van der Waals surface area contributed by atoms with Crippen molar-refractivity contribution in [3.05, 3.63) is 0 Å². The quantitative estimate of drug-likeness (QED) is 0.215. The minimum Gasteiger partial charge on any atom is -0.377 e. The molecule has 0 aromatic carbocycles. The third-order valence-electron chi connectivity index (χ3n) is 2.90. The van der Waals surface area contributed by atoms with E-state index in [4.69, 9.17) is 18.0 Å². The van der Waals surface area contributed by atoms with Gasteiger partial charge < -0.3 is 28.1 Å². The van der Waals surface area contributed by atoms with Crippen molar-refractivity contribution < 1.29 is 32.3 Å². The van der Waals surface area contributed by atoms with Crippen molar-refractivity contribution in [2.45, 2.75) is 25.0 Å². The second kappa shape index (κ2) is 8.32. The number of hydrogen-bond acceptors (Lipinski definition) is 7. The summed E-state index contributed by atoms with van der Waals surface area (Å²) in [5.74, 6) is -0.646. The Hall–Kier alpha value is -1.00. The second-order valence-electron chi connectivity index (χ2n) is 4.21. The molecule has 0 aromatic heterocycles. The average molecular weight is 307 g/mol. The molecule has 8 nitrogen and oxygen atoms in total. The molecule has 1 fully saturated rings. The van der Waals surface area contributed by atoms with Crippen LogP contribution >= 0.6 is 0 Å². The van der Waals surface area contributed by atoms with E-state index in [2.05, 4.69) is 10.1 Å². The molecule has 0 saturated carbocycles. The van der Waals surface area contributed by atoms with E-state index >= 15 is 0 Å². The number of carbonyl (C=O) groups excluding carboxylic acids is 2. The minimum atomic E-state index is -2.54. The van der Waals surface area contributed by atoms with Crippen LogP contribution in [-0.2, 0) is 27.5 Å². The van der Waals surface area contributed by atoms with Gasteiger partial charge in [0.15, 0.2) is 6.10 Å². The van der Waals surface area contributed by atoms with Crippen LogP contribution in [-0.4, -0.2) is 61.5 Å². The summed E-state index contributed by atoms with van der Waals surface area (Å²) >= 11 is 0. The zero-order valence-electron chi connectivity index (χ0n) is 12.0. The van der Waals surface area contributed by atoms with Crippen LogP contribution in [0.3, 0.4) is 0 Å². The van der Waals surface area contributed by atoms with Gasteiger partial charge >= 0.3 is 20.9 Å². The summed E-state index contributed by atoms with van der Waals surface area (Å²) in [7, 11) is 2.13. The van der Waals surface area contributed by atoms with Crippen LogP contribution in [0.15, 0.2) is 0 Å². The number of nitrogens with one attached hydrogen (secondary N) is 1. The summed E-state index contributed by atoms with van der Waals surface area (Å²) in [6, 6.07) is 0.655. The summed E-state index contributed by atoms with van der Waals surface area (Å²) in [5.41, 5.74) is 0. The first-order valence-corrected chi connectivity index (χ1v) is 8.26. The number of esters is 1. The number of unbranched alkanes of at least 4 members (excludes halogenated alkanes) is 1. The van der Waals surface area contributed by atoms with Crippen LogP contribution in [0.1, 0.15) is 12.8 Å². The summed E-state index contributed by atoms with van der Waals surface area (Å²) in [6.07, 6.45) is 0.146. The average Bonchev–Trinajstić information content (AvgIpc) is 3.28. The lowest BCUT2D eigenvalue weighted by molar-refractivity contribution is -0.138. The highest BCUT2D eigenvalue weighted by Gasteiger charge is 2.37. The molecule has 1 rings (SSSR count). The van der Waals surface area contributed by atoms with E-state index in [1.54, 1.807) is 21.3 Å². The van der Waals surface area contributed by atoms with Gasteiger partial charge in [0.25, 0.3) is 0 Å². The van der Waals surface area contributed by atoms with Crippen LogP contribution in [0.5, 0.6) is 0 Å². The highest BCUT2D eigenvalue weighted by molar-refractivity contribution is 6.60. The lowest BCUT2D eigenvalue weighted by Gasteiger charge is -2.24. The molecule has 1 unspecified atom stereocenters. The lowest BCUT2D eigenvalue weighted by Crippen LogP contribution is -2.42. The molecule has 0 aromatic rings. The van der Waals surface area contributed by atoms with E-state index in [1.807, 2.05) is 0 Å². The van der Waals surface area contributed by atoms with Gasteiger partial charge in [-0.2, -0.15) is 0 Å². The van der Waals surface area contributed by atoms with Crippen molar-refractivity contribution in [1.82, 2.24) is 5.32 Å². The Morgan fingerprint density at radius 2 is 1.80 bits per heavy atom. The molecule has 1 saturated heterocycles. The van der Waals surface area contributed by atoms with Gasteiger partial charge in [-0.3, -0.25) is 0 Å². The third kappa shape index (κ3) is 5.55. The minimum absolute atomic E-state index is 0.323. The Bertz CT molecular complexity index is 322. The molecule has 0 aliphatic carbocycles. The highest BCUT2D eigenvalue weighted by atomic mass is 28.4. The molecule has 1 aliphatic rings. The van der Waals surface area contributed by atoms with Gasteiger partial charge in [0.2, 0.25) is 0 Å². The molecule has 0 radical (unpaired) electrons. The van der Waals surface area contributed by atoms with Gasteiger partial charge in [-0.05, 0) is 12.8 Å². The summed E-state index contributed by atoms with van der Waals surface area (Å²) in [5, 5.41) is 2.49. The second-order valence-corrected chi connectivity index (χ2v) is 7.30. The predicted molar refractivity (Wildman–Crippen MR) is 70.1 cm³/mol. The Morgan fingerprint density at radius 1 is 1.20 bits per heavy atom. The lowest BCUT2D eigenvalue weighted by atomic mass is 10.3. The van der Waals surface area contributed by atoms with Gasteiger partial charge in [0.05, 0.1) is 6.61 Å². The number of ether oxygens (including phenoxy) is 2. The van der Waals surface area contributed by atoms with Gasteiger partial charge in [0, 0.05) is 33.9 Å². The van der Waals surface area contributed by atoms with Crippen LogP contribution in [0, 0.1) is 0 Å². The molecule has 20 heavy (non-hydrogen) atoms. The third-order valence-corrected chi connectivity index (χ3v) is 5.73.